The van der Waals surface area contributed by atoms with Crippen LogP contribution in [0.5, 0.6) is 0 Å². The SMILES string of the molecule is Brc1cccc(-c2cc([C]3[CH][CH][CH][CH]3)no2)c1.[CH]1[CH][CH][CH][CH]1.[Fe+2]. The maximum absolute atomic E-state index is 5.36. The Bertz CT molecular complexity index is 581. The summed E-state index contributed by atoms with van der Waals surface area (Å²) in [5.74, 6) is 1.86. The molecule has 0 saturated heterocycles. The van der Waals surface area contributed by atoms with Gasteiger partial charge in [0.2, 0.25) is 0 Å². The summed E-state index contributed by atoms with van der Waals surface area (Å²) < 4.78 is 6.39. The Morgan fingerprint density at radius 2 is 1.48 bits per heavy atom. The van der Waals surface area contributed by atoms with Gasteiger partial charge in [-0.15, -0.1) is 0 Å². The molecule has 0 bridgehead atoms. The van der Waals surface area contributed by atoms with Gasteiger partial charge in [-0.2, -0.15) is 0 Å². The van der Waals surface area contributed by atoms with Crippen molar-refractivity contribution in [2.24, 2.45) is 0 Å². The molecule has 0 amide bonds. The van der Waals surface area contributed by atoms with Crippen LogP contribution in [0.25, 0.3) is 11.3 Å². The molecule has 10 radical (unpaired) electrons. The van der Waals surface area contributed by atoms with E-state index in [2.05, 4.69) is 21.1 Å². The molecule has 23 heavy (non-hydrogen) atoms. The molecule has 2 nitrogen and oxygen atoms in total. The van der Waals surface area contributed by atoms with E-state index >= 15 is 0 Å². The fourth-order valence-corrected chi connectivity index (χ4v) is 2.45. The number of aromatic nitrogens is 1. The first-order chi connectivity index (χ1) is 10.8. The molecule has 4 heteroatoms. The monoisotopic (exact) mass is 407 g/mol. The molecular weight excluding hydrogens is 394 g/mol. The van der Waals surface area contributed by atoms with Crippen LogP contribution < -0.4 is 0 Å². The molecule has 2 aliphatic rings. The van der Waals surface area contributed by atoms with Gasteiger partial charge in [-0.3, -0.25) is 0 Å². The third kappa shape index (κ3) is 5.48. The molecule has 1 heterocycles. The van der Waals surface area contributed by atoms with Gasteiger partial charge in [-0.1, -0.05) is 33.2 Å². The first kappa shape index (κ1) is 18.8. The van der Waals surface area contributed by atoms with Gasteiger partial charge in [0.25, 0.3) is 0 Å². The Morgan fingerprint density at radius 1 is 0.826 bits per heavy atom. The summed E-state index contributed by atoms with van der Waals surface area (Å²) >= 11 is 3.44. The molecule has 0 atom stereocenters. The van der Waals surface area contributed by atoms with Gasteiger partial charge in [-0.25, -0.2) is 0 Å². The van der Waals surface area contributed by atoms with Crippen LogP contribution in [0.15, 0.2) is 39.3 Å². The van der Waals surface area contributed by atoms with Crippen molar-refractivity contribution in [2.75, 3.05) is 0 Å². The van der Waals surface area contributed by atoms with Crippen LogP contribution in [0, 0.1) is 63.7 Å². The van der Waals surface area contributed by atoms with Crippen molar-refractivity contribution in [2.45, 2.75) is 0 Å². The van der Waals surface area contributed by atoms with Crippen LogP contribution in [0.2, 0.25) is 0 Å². The topological polar surface area (TPSA) is 26.0 Å². The predicted octanol–water partition coefficient (Wildman–Crippen LogP) is 4.88. The average Bonchev–Trinajstić information content (AvgIpc) is 3.28. The number of hydrogen-bond donors (Lipinski definition) is 0. The van der Waals surface area contributed by atoms with Crippen molar-refractivity contribution < 1.29 is 21.6 Å². The van der Waals surface area contributed by atoms with E-state index < -0.39 is 0 Å². The number of benzene rings is 1. The summed E-state index contributed by atoms with van der Waals surface area (Å²) in [7, 11) is 0. The second kappa shape index (κ2) is 9.66. The standard InChI is InChI=1S/C14H9BrNO.C5H5.Fe/c15-12-7-3-6-11(8-12)14-9-13(16-17-14)10-4-1-2-5-10;1-2-4-5-3-1;/h1-9H;1-5H;/q;;+2. The zero-order valence-corrected chi connectivity index (χ0v) is 14.9. The Kier molecular flexibility index (Phi) is 7.88. The Labute approximate surface area is 158 Å². The summed E-state index contributed by atoms with van der Waals surface area (Å²) in [6, 6.07) is 9.93. The van der Waals surface area contributed by atoms with Crippen molar-refractivity contribution in [3.63, 3.8) is 0 Å². The van der Waals surface area contributed by atoms with E-state index in [4.69, 9.17) is 4.52 Å². The van der Waals surface area contributed by atoms with E-state index in [9.17, 15) is 0 Å². The van der Waals surface area contributed by atoms with Gasteiger partial charge in [0.15, 0.2) is 5.76 Å². The summed E-state index contributed by atoms with van der Waals surface area (Å²) in [5, 5.41) is 4.07. The minimum absolute atomic E-state index is 0. The van der Waals surface area contributed by atoms with E-state index in [1.165, 1.54) is 0 Å². The minimum Gasteiger partial charge on any atom is -0.356 e. The van der Waals surface area contributed by atoms with E-state index in [1.807, 2.05) is 88.1 Å². The second-order valence-electron chi connectivity index (χ2n) is 4.72. The second-order valence-corrected chi connectivity index (χ2v) is 5.64. The van der Waals surface area contributed by atoms with Crippen LogP contribution in [0.1, 0.15) is 5.69 Å². The van der Waals surface area contributed by atoms with Crippen molar-refractivity contribution in [1.29, 1.82) is 0 Å². The molecule has 4 rings (SSSR count). The van der Waals surface area contributed by atoms with Gasteiger partial charge < -0.3 is 4.52 Å². The van der Waals surface area contributed by atoms with Crippen molar-refractivity contribution in [1.82, 2.24) is 5.16 Å². The fraction of sp³-hybridized carbons (Fsp3) is 0. The normalized spacial score (nSPS) is 17.4. The molecule has 0 aliphatic heterocycles. The van der Waals surface area contributed by atoms with Crippen LogP contribution in [-0.2, 0) is 17.1 Å². The van der Waals surface area contributed by atoms with Crippen LogP contribution in [-0.4, -0.2) is 5.16 Å². The summed E-state index contributed by atoms with van der Waals surface area (Å²) in [4.78, 5) is 0. The third-order valence-corrected chi connectivity index (χ3v) is 3.63. The van der Waals surface area contributed by atoms with Gasteiger partial charge in [-0.05, 0) is 69.9 Å². The van der Waals surface area contributed by atoms with Gasteiger partial charge in [0.1, 0.15) is 0 Å². The zero-order valence-electron chi connectivity index (χ0n) is 12.2. The largest absolute Gasteiger partial charge is 2.00 e. The predicted molar refractivity (Wildman–Crippen MR) is 90.7 cm³/mol. The zero-order chi connectivity index (χ0) is 15.2. The molecule has 2 fully saturated rings. The summed E-state index contributed by atoms with van der Waals surface area (Å²) in [6.45, 7) is 0. The minimum atomic E-state index is 0. The number of hydrogen-bond acceptors (Lipinski definition) is 2. The van der Waals surface area contributed by atoms with Crippen molar-refractivity contribution in [3.8, 4) is 11.3 Å². The number of nitrogens with zero attached hydrogens (tertiary/aromatic N) is 1. The molecule has 0 spiro atoms. The van der Waals surface area contributed by atoms with Crippen molar-refractivity contribution in [3.05, 3.63) is 104 Å². The van der Waals surface area contributed by atoms with Crippen LogP contribution in [0.4, 0.5) is 0 Å². The van der Waals surface area contributed by atoms with E-state index in [0.29, 0.717) is 0 Å². The third-order valence-electron chi connectivity index (χ3n) is 3.13. The van der Waals surface area contributed by atoms with E-state index in [0.717, 1.165) is 27.4 Å². The molecular formula is C19H14BrFeNO+2. The summed E-state index contributed by atoms with van der Waals surface area (Å²) in [6.07, 6.45) is 18.0. The average molecular weight is 408 g/mol. The molecule has 2 saturated carbocycles. The molecule has 2 aliphatic carbocycles. The Balaban J connectivity index is 0.000000276. The summed E-state index contributed by atoms with van der Waals surface area (Å²) in [5.41, 5.74) is 1.88. The van der Waals surface area contributed by atoms with E-state index in [1.54, 1.807) is 0 Å². The maximum Gasteiger partial charge on any atom is 2.00 e. The number of halogens is 1. The van der Waals surface area contributed by atoms with Crippen LogP contribution >= 0.6 is 15.9 Å². The van der Waals surface area contributed by atoms with E-state index in [-0.39, 0.29) is 17.1 Å². The molecule has 1 aromatic heterocycles. The number of rotatable bonds is 2. The molecule has 114 valence electrons. The van der Waals surface area contributed by atoms with Crippen LogP contribution in [0.3, 0.4) is 0 Å². The molecule has 2 aromatic rings. The molecule has 0 unspecified atom stereocenters. The first-order valence-electron chi connectivity index (χ1n) is 6.94. The first-order valence-corrected chi connectivity index (χ1v) is 7.74. The Morgan fingerprint density at radius 3 is 2.09 bits per heavy atom. The maximum atomic E-state index is 5.36. The quantitative estimate of drug-likeness (QED) is 0.663. The van der Waals surface area contributed by atoms with Gasteiger partial charge in [0.05, 0.1) is 5.69 Å². The fourth-order valence-electron chi connectivity index (χ4n) is 2.05. The van der Waals surface area contributed by atoms with Gasteiger partial charge in [0, 0.05) is 22.0 Å². The molecule has 1 aromatic carbocycles. The van der Waals surface area contributed by atoms with Crippen molar-refractivity contribution >= 4 is 15.9 Å². The van der Waals surface area contributed by atoms with Gasteiger partial charge >= 0.3 is 17.1 Å². The smallest absolute Gasteiger partial charge is 0.356 e. The Hall–Kier alpha value is -0.571. The molecule has 0 N–H and O–H groups in total.